The van der Waals surface area contributed by atoms with E-state index >= 15 is 0 Å². The number of piperidine rings is 1. The Hall–Kier alpha value is -2.18. The number of carbonyl (C=O) groups is 1. The van der Waals surface area contributed by atoms with Gasteiger partial charge in [0.2, 0.25) is 0 Å². The average Bonchev–Trinajstić information content (AvgIpc) is 3.02. The highest BCUT2D eigenvalue weighted by Gasteiger charge is 2.30. The largest absolute Gasteiger partial charge is 0.467 e. The van der Waals surface area contributed by atoms with Crippen LogP contribution in [-0.2, 0) is 16.1 Å². The van der Waals surface area contributed by atoms with Crippen LogP contribution in [0.1, 0.15) is 24.1 Å². The minimum atomic E-state index is -1.00. The van der Waals surface area contributed by atoms with E-state index in [2.05, 4.69) is 20.9 Å². The van der Waals surface area contributed by atoms with Crippen LogP contribution in [0, 0.1) is 12.8 Å². The topological polar surface area (TPSA) is 67.6 Å². The number of esters is 1. The Kier molecular flexibility index (Phi) is 5.50. The molecule has 1 N–H and O–H groups in total. The summed E-state index contributed by atoms with van der Waals surface area (Å²) in [5.74, 6) is -0.546. The van der Waals surface area contributed by atoms with Crippen molar-refractivity contribution in [3.63, 3.8) is 0 Å². The van der Waals surface area contributed by atoms with Crippen molar-refractivity contribution in [1.29, 1.82) is 0 Å². The molecule has 0 unspecified atom stereocenters. The van der Waals surface area contributed by atoms with Gasteiger partial charge in [0.1, 0.15) is 0 Å². The Balaban J connectivity index is 1.59. The van der Waals surface area contributed by atoms with Gasteiger partial charge in [0, 0.05) is 18.3 Å². The van der Waals surface area contributed by atoms with Gasteiger partial charge >= 0.3 is 5.97 Å². The zero-order chi connectivity index (χ0) is 17.8. The highest BCUT2D eigenvalue weighted by Crippen LogP contribution is 2.23. The molecule has 1 aliphatic rings. The van der Waals surface area contributed by atoms with E-state index < -0.39 is 12.1 Å². The molecule has 0 aliphatic carbocycles. The second kappa shape index (κ2) is 7.80. The number of aromatic nitrogens is 2. The van der Waals surface area contributed by atoms with Gasteiger partial charge in [-0.1, -0.05) is 18.2 Å². The van der Waals surface area contributed by atoms with Crippen molar-refractivity contribution < 1.29 is 14.6 Å². The maximum Gasteiger partial charge on any atom is 0.334 e. The van der Waals surface area contributed by atoms with Crippen LogP contribution in [0.25, 0.3) is 5.69 Å². The molecule has 134 valence electrons. The number of para-hydroxylation sites is 1. The first-order valence-electron chi connectivity index (χ1n) is 8.67. The van der Waals surface area contributed by atoms with Gasteiger partial charge in [-0.05, 0) is 50.9 Å². The highest BCUT2D eigenvalue weighted by atomic mass is 16.5. The van der Waals surface area contributed by atoms with Crippen molar-refractivity contribution in [2.75, 3.05) is 20.2 Å². The number of likely N-dealkylation sites (tertiary alicyclic amines) is 1. The third-order valence-corrected chi connectivity index (χ3v) is 4.94. The average molecular weight is 343 g/mol. The van der Waals surface area contributed by atoms with Gasteiger partial charge in [-0.3, -0.25) is 4.90 Å². The zero-order valence-electron chi connectivity index (χ0n) is 14.8. The second-order valence-corrected chi connectivity index (χ2v) is 6.60. The minimum absolute atomic E-state index is 0.0168. The first-order valence-corrected chi connectivity index (χ1v) is 8.67. The van der Waals surface area contributed by atoms with E-state index in [1.807, 2.05) is 41.9 Å². The van der Waals surface area contributed by atoms with E-state index in [4.69, 9.17) is 0 Å². The van der Waals surface area contributed by atoms with Gasteiger partial charge < -0.3 is 9.84 Å². The molecule has 1 fully saturated rings. The van der Waals surface area contributed by atoms with Crippen molar-refractivity contribution in [3.8, 4) is 5.69 Å². The fourth-order valence-corrected chi connectivity index (χ4v) is 3.34. The number of methoxy groups -OCH3 is 1. The zero-order valence-corrected chi connectivity index (χ0v) is 14.8. The number of benzene rings is 1. The van der Waals surface area contributed by atoms with Crippen molar-refractivity contribution in [1.82, 2.24) is 14.7 Å². The molecule has 0 spiro atoms. The third kappa shape index (κ3) is 4.08. The van der Waals surface area contributed by atoms with Crippen molar-refractivity contribution >= 4 is 5.97 Å². The van der Waals surface area contributed by atoms with Crippen LogP contribution < -0.4 is 0 Å². The molecular weight excluding hydrogens is 318 g/mol. The van der Waals surface area contributed by atoms with Crippen LogP contribution in [0.4, 0.5) is 0 Å². The number of ether oxygens (including phenoxy) is 1. The number of aliphatic hydroxyl groups is 1. The lowest BCUT2D eigenvalue weighted by Crippen LogP contribution is -2.40. The van der Waals surface area contributed by atoms with E-state index in [9.17, 15) is 9.90 Å². The lowest BCUT2D eigenvalue weighted by molar-refractivity contribution is -0.154. The van der Waals surface area contributed by atoms with Gasteiger partial charge in [0.05, 0.1) is 18.5 Å². The first-order chi connectivity index (χ1) is 12.1. The number of nitrogens with zero attached hydrogens (tertiary/aromatic N) is 3. The van der Waals surface area contributed by atoms with E-state index in [0.717, 1.165) is 43.9 Å². The predicted molar refractivity (Wildman–Crippen MR) is 94.3 cm³/mol. The molecule has 25 heavy (non-hydrogen) atoms. The van der Waals surface area contributed by atoms with Crippen LogP contribution >= 0.6 is 0 Å². The molecule has 6 heteroatoms. The van der Waals surface area contributed by atoms with Gasteiger partial charge in [0.15, 0.2) is 6.10 Å². The Morgan fingerprint density at radius 2 is 2.00 bits per heavy atom. The van der Waals surface area contributed by atoms with E-state index in [1.54, 1.807) is 0 Å². The van der Waals surface area contributed by atoms with Crippen LogP contribution in [-0.4, -0.2) is 52.1 Å². The van der Waals surface area contributed by atoms with E-state index in [0.29, 0.717) is 0 Å². The highest BCUT2D eigenvalue weighted by molar-refractivity contribution is 5.74. The smallest absolute Gasteiger partial charge is 0.334 e. The summed E-state index contributed by atoms with van der Waals surface area (Å²) < 4.78 is 6.55. The quantitative estimate of drug-likeness (QED) is 0.840. The monoisotopic (exact) mass is 343 g/mol. The molecular formula is C19H25N3O3. The minimum Gasteiger partial charge on any atom is -0.467 e. The summed E-state index contributed by atoms with van der Waals surface area (Å²) in [4.78, 5) is 13.8. The summed E-state index contributed by atoms with van der Waals surface area (Å²) in [7, 11) is 1.31. The number of hydrogen-bond acceptors (Lipinski definition) is 5. The summed E-state index contributed by atoms with van der Waals surface area (Å²) in [6.07, 6.45) is 2.67. The maximum absolute atomic E-state index is 11.5. The predicted octanol–water partition coefficient (Wildman–Crippen LogP) is 1.93. The molecule has 0 amide bonds. The number of hydrogen-bond donors (Lipinski definition) is 1. The van der Waals surface area contributed by atoms with Gasteiger partial charge in [-0.25, -0.2) is 9.48 Å². The van der Waals surface area contributed by atoms with Crippen LogP contribution in [0.2, 0.25) is 0 Å². The van der Waals surface area contributed by atoms with Gasteiger partial charge in [0.25, 0.3) is 0 Å². The van der Waals surface area contributed by atoms with Crippen LogP contribution in [0.3, 0.4) is 0 Å². The fourth-order valence-electron chi connectivity index (χ4n) is 3.34. The first kappa shape index (κ1) is 17.6. The number of rotatable bonds is 5. The molecule has 0 radical (unpaired) electrons. The maximum atomic E-state index is 11.5. The summed E-state index contributed by atoms with van der Waals surface area (Å²) in [5.41, 5.74) is 3.29. The summed E-state index contributed by atoms with van der Waals surface area (Å²) >= 11 is 0. The van der Waals surface area contributed by atoms with E-state index in [-0.39, 0.29) is 5.92 Å². The summed E-state index contributed by atoms with van der Waals surface area (Å²) in [5, 5.41) is 14.6. The molecule has 1 aliphatic heterocycles. The molecule has 1 aromatic heterocycles. The molecule has 1 aromatic carbocycles. The SMILES string of the molecule is COC(=O)[C@H](O)C1CCN(Cc2cn(-c3ccccc3)nc2C)CC1. The second-order valence-electron chi connectivity index (χ2n) is 6.60. The summed E-state index contributed by atoms with van der Waals surface area (Å²) in [6, 6.07) is 10.1. The lowest BCUT2D eigenvalue weighted by atomic mass is 9.91. The van der Waals surface area contributed by atoms with Crippen LogP contribution in [0.5, 0.6) is 0 Å². The lowest BCUT2D eigenvalue weighted by Gasteiger charge is -2.33. The molecule has 3 rings (SSSR count). The fraction of sp³-hybridized carbons (Fsp3) is 0.474. The summed E-state index contributed by atoms with van der Waals surface area (Å²) in [6.45, 7) is 4.57. The molecule has 0 bridgehead atoms. The van der Waals surface area contributed by atoms with E-state index in [1.165, 1.54) is 12.7 Å². The van der Waals surface area contributed by atoms with Crippen molar-refractivity contribution in [2.45, 2.75) is 32.4 Å². The van der Waals surface area contributed by atoms with Crippen LogP contribution in [0.15, 0.2) is 36.5 Å². The standard InChI is InChI=1S/C19H25N3O3/c1-14-16(13-22(20-14)17-6-4-3-5-7-17)12-21-10-8-15(9-11-21)18(23)19(24)25-2/h3-7,13,15,18,23H,8-12H2,1-2H3/t18-/m1/s1. The number of aryl methyl sites for hydroxylation is 1. The Morgan fingerprint density at radius 3 is 2.64 bits per heavy atom. The molecule has 1 atom stereocenters. The molecule has 1 saturated heterocycles. The Labute approximate surface area is 148 Å². The normalized spacial score (nSPS) is 17.4. The van der Waals surface area contributed by atoms with Crippen molar-refractivity contribution in [3.05, 3.63) is 47.8 Å². The number of carbonyl (C=O) groups excluding carboxylic acids is 1. The molecule has 2 heterocycles. The molecule has 6 nitrogen and oxygen atoms in total. The molecule has 2 aromatic rings. The Bertz CT molecular complexity index is 706. The number of aliphatic hydroxyl groups excluding tert-OH is 1. The van der Waals surface area contributed by atoms with Gasteiger partial charge in [-0.15, -0.1) is 0 Å². The Morgan fingerprint density at radius 1 is 1.32 bits per heavy atom. The van der Waals surface area contributed by atoms with Gasteiger partial charge in [-0.2, -0.15) is 5.10 Å². The van der Waals surface area contributed by atoms with Crippen molar-refractivity contribution in [2.24, 2.45) is 5.92 Å². The molecule has 0 saturated carbocycles. The third-order valence-electron chi connectivity index (χ3n) is 4.94.